The number of rotatable bonds is 3. The van der Waals surface area contributed by atoms with Gasteiger partial charge < -0.3 is 4.74 Å². The lowest BCUT2D eigenvalue weighted by molar-refractivity contribution is -0.121. The average Bonchev–Trinajstić information content (AvgIpc) is 2.83. The third-order valence-corrected chi connectivity index (χ3v) is 5.11. The maximum Gasteiger partial charge on any atom is 0.343 e. The van der Waals surface area contributed by atoms with E-state index in [1.807, 2.05) is 19.1 Å². The highest BCUT2D eigenvalue weighted by atomic mass is 32.2. The average molecular weight is 369 g/mol. The summed E-state index contributed by atoms with van der Waals surface area (Å²) >= 11 is 6.38. The van der Waals surface area contributed by atoms with Gasteiger partial charge in [-0.2, -0.15) is 0 Å². The molecule has 0 spiro atoms. The summed E-state index contributed by atoms with van der Waals surface area (Å²) in [7, 11) is 1.66. The molecule has 0 bridgehead atoms. The number of amides is 1. The van der Waals surface area contributed by atoms with Crippen molar-refractivity contribution in [3.8, 4) is 5.75 Å². The Morgan fingerprint density at radius 3 is 2.52 bits per heavy atom. The second-order valence-electron chi connectivity index (χ2n) is 5.57. The number of likely N-dealkylation sites (N-methyl/N-ethyl adjacent to an activating group) is 1. The van der Waals surface area contributed by atoms with Crippen LogP contribution in [0.15, 0.2) is 53.4 Å². The second-order valence-corrected chi connectivity index (χ2v) is 7.24. The van der Waals surface area contributed by atoms with E-state index >= 15 is 0 Å². The molecule has 1 fully saturated rings. The molecule has 0 radical (unpaired) electrons. The summed E-state index contributed by atoms with van der Waals surface area (Å²) < 4.78 is 5.92. The van der Waals surface area contributed by atoms with Crippen molar-refractivity contribution in [2.24, 2.45) is 0 Å². The van der Waals surface area contributed by atoms with E-state index in [9.17, 15) is 9.59 Å². The molecule has 2 aromatic carbocycles. The predicted octanol–water partition coefficient (Wildman–Crippen LogP) is 4.05. The molecule has 0 N–H and O–H groups in total. The molecule has 0 aromatic heterocycles. The number of benzene rings is 2. The van der Waals surface area contributed by atoms with Crippen LogP contribution in [-0.4, -0.2) is 28.1 Å². The Morgan fingerprint density at radius 2 is 1.92 bits per heavy atom. The topological polar surface area (TPSA) is 46.6 Å². The van der Waals surface area contributed by atoms with Gasteiger partial charge in [0.1, 0.15) is 10.1 Å². The van der Waals surface area contributed by atoms with Gasteiger partial charge in [0.05, 0.1) is 10.5 Å². The van der Waals surface area contributed by atoms with Crippen molar-refractivity contribution >= 4 is 46.3 Å². The normalized spacial score (nSPS) is 15.8. The van der Waals surface area contributed by atoms with E-state index in [0.717, 1.165) is 11.1 Å². The number of thioether (sulfide) groups is 1. The Kier molecular flexibility index (Phi) is 5.01. The molecule has 3 rings (SSSR count). The number of esters is 1. The van der Waals surface area contributed by atoms with Gasteiger partial charge in [-0.25, -0.2) is 4.79 Å². The van der Waals surface area contributed by atoms with Crippen LogP contribution in [0.25, 0.3) is 6.08 Å². The number of ether oxygens (including phenoxy) is 1. The zero-order chi connectivity index (χ0) is 18.0. The lowest BCUT2D eigenvalue weighted by Gasteiger charge is -2.05. The molecule has 0 unspecified atom stereocenters. The Morgan fingerprint density at radius 1 is 1.20 bits per heavy atom. The first-order chi connectivity index (χ1) is 11.9. The number of hydrogen-bond donors (Lipinski definition) is 0. The third-order valence-electron chi connectivity index (χ3n) is 3.63. The van der Waals surface area contributed by atoms with Gasteiger partial charge in [-0.1, -0.05) is 53.8 Å². The van der Waals surface area contributed by atoms with Crippen molar-refractivity contribution < 1.29 is 14.3 Å². The fraction of sp³-hybridized carbons (Fsp3) is 0.105. The van der Waals surface area contributed by atoms with Gasteiger partial charge in [0.15, 0.2) is 0 Å². The highest BCUT2D eigenvalue weighted by Gasteiger charge is 2.28. The quantitative estimate of drug-likeness (QED) is 0.354. The fourth-order valence-corrected chi connectivity index (χ4v) is 3.45. The molecular weight excluding hydrogens is 354 g/mol. The summed E-state index contributed by atoms with van der Waals surface area (Å²) in [6.07, 6.45) is 1.77. The van der Waals surface area contributed by atoms with Crippen molar-refractivity contribution in [2.75, 3.05) is 7.05 Å². The van der Waals surface area contributed by atoms with Crippen molar-refractivity contribution in [1.29, 1.82) is 0 Å². The lowest BCUT2D eigenvalue weighted by atomic mass is 10.1. The zero-order valence-corrected chi connectivity index (χ0v) is 15.3. The van der Waals surface area contributed by atoms with Gasteiger partial charge in [0, 0.05) is 7.05 Å². The number of aryl methyl sites for hydroxylation is 1. The molecular formula is C19H15NO3S2. The van der Waals surface area contributed by atoms with Crippen LogP contribution in [0.4, 0.5) is 0 Å². The maximum absolute atomic E-state index is 12.1. The van der Waals surface area contributed by atoms with Crippen LogP contribution in [0.1, 0.15) is 21.5 Å². The Bertz CT molecular complexity index is 888. The van der Waals surface area contributed by atoms with Gasteiger partial charge in [-0.05, 0) is 42.8 Å². The standard InChI is InChI=1S/C19H15NO3S2/c1-12-4-3-5-14(10-12)18(22)23-15-8-6-13(7-9-15)11-16-17(21)20(2)19(24)25-16/h3-11H,1-2H3. The highest BCUT2D eigenvalue weighted by molar-refractivity contribution is 8.26. The first-order valence-corrected chi connectivity index (χ1v) is 8.77. The van der Waals surface area contributed by atoms with Gasteiger partial charge in [0.2, 0.25) is 0 Å². The third kappa shape index (κ3) is 3.97. The van der Waals surface area contributed by atoms with E-state index in [1.165, 1.54) is 16.7 Å². The molecule has 25 heavy (non-hydrogen) atoms. The summed E-state index contributed by atoms with van der Waals surface area (Å²) in [4.78, 5) is 26.2. The summed E-state index contributed by atoms with van der Waals surface area (Å²) in [6.45, 7) is 1.92. The van der Waals surface area contributed by atoms with Crippen molar-refractivity contribution in [3.05, 3.63) is 70.1 Å². The predicted molar refractivity (Wildman–Crippen MR) is 104 cm³/mol. The van der Waals surface area contributed by atoms with Crippen LogP contribution < -0.4 is 4.74 Å². The maximum atomic E-state index is 12.1. The van der Waals surface area contributed by atoms with Gasteiger partial charge in [0.25, 0.3) is 5.91 Å². The monoisotopic (exact) mass is 369 g/mol. The van der Waals surface area contributed by atoms with Gasteiger partial charge >= 0.3 is 5.97 Å². The van der Waals surface area contributed by atoms with Crippen LogP contribution in [-0.2, 0) is 4.79 Å². The smallest absolute Gasteiger partial charge is 0.343 e. The molecule has 0 saturated carbocycles. The van der Waals surface area contributed by atoms with Crippen LogP contribution in [0, 0.1) is 6.92 Å². The molecule has 1 aliphatic rings. The van der Waals surface area contributed by atoms with E-state index in [4.69, 9.17) is 17.0 Å². The highest BCUT2D eigenvalue weighted by Crippen LogP contribution is 2.31. The molecule has 1 heterocycles. The number of carbonyl (C=O) groups is 2. The Hall–Kier alpha value is -2.44. The molecule has 126 valence electrons. The van der Waals surface area contributed by atoms with Crippen molar-refractivity contribution in [1.82, 2.24) is 4.90 Å². The van der Waals surface area contributed by atoms with Crippen LogP contribution >= 0.6 is 24.0 Å². The molecule has 6 heteroatoms. The minimum atomic E-state index is -0.400. The second kappa shape index (κ2) is 7.21. The Labute approximate surface area is 155 Å². The summed E-state index contributed by atoms with van der Waals surface area (Å²) in [5.41, 5.74) is 2.35. The van der Waals surface area contributed by atoms with Crippen LogP contribution in [0.3, 0.4) is 0 Å². The molecule has 1 amide bonds. The number of nitrogens with zero attached hydrogens (tertiary/aromatic N) is 1. The first-order valence-electron chi connectivity index (χ1n) is 7.54. The largest absolute Gasteiger partial charge is 0.423 e. The number of carbonyl (C=O) groups excluding carboxylic acids is 2. The molecule has 2 aromatic rings. The van der Waals surface area contributed by atoms with Gasteiger partial charge in [-0.3, -0.25) is 9.69 Å². The fourth-order valence-electron chi connectivity index (χ4n) is 2.27. The molecule has 1 aliphatic heterocycles. The van der Waals surface area contributed by atoms with E-state index in [0.29, 0.717) is 20.5 Å². The first kappa shape index (κ1) is 17.4. The van der Waals surface area contributed by atoms with Crippen LogP contribution in [0.5, 0.6) is 5.75 Å². The van der Waals surface area contributed by atoms with E-state index < -0.39 is 5.97 Å². The van der Waals surface area contributed by atoms with Crippen molar-refractivity contribution in [2.45, 2.75) is 6.92 Å². The number of hydrogen-bond acceptors (Lipinski definition) is 5. The van der Waals surface area contributed by atoms with Crippen LogP contribution in [0.2, 0.25) is 0 Å². The molecule has 0 atom stereocenters. The summed E-state index contributed by atoms with van der Waals surface area (Å²) in [5, 5.41) is 0. The van der Waals surface area contributed by atoms with Gasteiger partial charge in [-0.15, -0.1) is 0 Å². The molecule has 0 aliphatic carbocycles. The zero-order valence-electron chi connectivity index (χ0n) is 13.7. The van der Waals surface area contributed by atoms with Crippen molar-refractivity contribution in [3.63, 3.8) is 0 Å². The minimum Gasteiger partial charge on any atom is -0.423 e. The molecule has 1 saturated heterocycles. The number of thiocarbonyl (C=S) groups is 1. The SMILES string of the molecule is Cc1cccc(C(=O)Oc2ccc(C=C3SC(=S)N(C)C3=O)cc2)c1. The van der Waals surface area contributed by atoms with E-state index in [2.05, 4.69) is 0 Å². The Balaban J connectivity index is 1.72. The molecule has 4 nitrogen and oxygen atoms in total. The summed E-state index contributed by atoms with van der Waals surface area (Å²) in [5.74, 6) is -0.0556. The minimum absolute atomic E-state index is 0.107. The van der Waals surface area contributed by atoms with E-state index in [-0.39, 0.29) is 5.91 Å². The lowest BCUT2D eigenvalue weighted by Crippen LogP contribution is -2.22. The summed E-state index contributed by atoms with van der Waals surface area (Å²) in [6, 6.07) is 14.2. The van der Waals surface area contributed by atoms with E-state index in [1.54, 1.807) is 49.5 Å².